The Balaban J connectivity index is 2.23. The minimum atomic E-state index is -0.994. The first-order valence-electron chi connectivity index (χ1n) is 4.19. The number of rotatable bonds is 3. The van der Waals surface area contributed by atoms with Gasteiger partial charge in [-0.2, -0.15) is 10.1 Å². The Bertz CT molecular complexity index is 474. The molecular formula is C8H8N4O3. The van der Waals surface area contributed by atoms with Crippen LogP contribution in [0.3, 0.4) is 0 Å². The Kier molecular flexibility index (Phi) is 2.20. The van der Waals surface area contributed by atoms with Gasteiger partial charge in [0.1, 0.15) is 12.1 Å². The van der Waals surface area contributed by atoms with E-state index in [1.165, 1.54) is 17.3 Å². The second kappa shape index (κ2) is 3.52. The van der Waals surface area contributed by atoms with E-state index in [0.717, 1.165) is 0 Å². The lowest BCUT2D eigenvalue weighted by molar-refractivity contribution is 0.0696. The van der Waals surface area contributed by atoms with E-state index in [4.69, 9.17) is 5.11 Å². The van der Waals surface area contributed by atoms with E-state index in [-0.39, 0.29) is 5.56 Å². The fourth-order valence-corrected chi connectivity index (χ4v) is 1.22. The van der Waals surface area contributed by atoms with E-state index in [0.29, 0.717) is 18.1 Å². The Labute approximate surface area is 84.3 Å². The molecule has 2 aromatic rings. The smallest absolute Gasteiger partial charge is 0.339 e. The normalized spacial score (nSPS) is 10.5. The fourth-order valence-electron chi connectivity index (χ4n) is 1.22. The maximum absolute atomic E-state index is 10.7. The number of carboxylic acids is 1. The molecule has 2 rings (SSSR count). The topological polar surface area (TPSA) is 94.0 Å². The van der Waals surface area contributed by atoms with E-state index < -0.39 is 5.97 Å². The first-order valence-corrected chi connectivity index (χ1v) is 4.19. The van der Waals surface area contributed by atoms with Crippen molar-refractivity contribution in [2.45, 2.75) is 13.5 Å². The monoisotopic (exact) mass is 208 g/mol. The summed E-state index contributed by atoms with van der Waals surface area (Å²) in [6.07, 6.45) is 2.65. The van der Waals surface area contributed by atoms with Crippen LogP contribution in [0.1, 0.15) is 21.9 Å². The summed E-state index contributed by atoms with van der Waals surface area (Å²) in [6, 6.07) is 0. The highest BCUT2D eigenvalue weighted by atomic mass is 16.5. The molecule has 1 N–H and O–H groups in total. The van der Waals surface area contributed by atoms with Gasteiger partial charge >= 0.3 is 5.97 Å². The zero-order valence-electron chi connectivity index (χ0n) is 7.91. The molecule has 15 heavy (non-hydrogen) atoms. The molecule has 0 saturated heterocycles. The summed E-state index contributed by atoms with van der Waals surface area (Å²) in [5.41, 5.74) is 0.643. The molecule has 0 aromatic carbocycles. The van der Waals surface area contributed by atoms with Crippen molar-refractivity contribution in [3.05, 3.63) is 29.7 Å². The molecule has 7 nitrogen and oxygen atoms in total. The minimum Gasteiger partial charge on any atom is -0.478 e. The maximum atomic E-state index is 10.7. The highest BCUT2D eigenvalue weighted by Crippen LogP contribution is 2.06. The summed E-state index contributed by atoms with van der Waals surface area (Å²) in [7, 11) is 0. The van der Waals surface area contributed by atoms with Gasteiger partial charge < -0.3 is 9.63 Å². The SMILES string of the molecule is Cc1nn(Cc2ncon2)cc1C(=O)O. The Morgan fingerprint density at radius 1 is 1.67 bits per heavy atom. The molecule has 0 bridgehead atoms. The van der Waals surface area contributed by atoms with Crippen molar-refractivity contribution >= 4 is 5.97 Å². The number of carboxylic acid groups (broad SMARTS) is 1. The van der Waals surface area contributed by atoms with Crippen LogP contribution in [0.5, 0.6) is 0 Å². The number of hydrogen-bond acceptors (Lipinski definition) is 5. The van der Waals surface area contributed by atoms with Gasteiger partial charge in [0.05, 0.1) is 5.69 Å². The average molecular weight is 208 g/mol. The zero-order valence-corrected chi connectivity index (χ0v) is 7.91. The van der Waals surface area contributed by atoms with Crippen LogP contribution < -0.4 is 0 Å². The third-order valence-corrected chi connectivity index (χ3v) is 1.89. The number of aromatic nitrogens is 4. The van der Waals surface area contributed by atoms with E-state index in [1.54, 1.807) is 6.92 Å². The molecule has 0 aliphatic rings. The minimum absolute atomic E-state index is 0.179. The summed E-state index contributed by atoms with van der Waals surface area (Å²) in [5, 5.41) is 16.4. The van der Waals surface area contributed by atoms with Gasteiger partial charge in [-0.15, -0.1) is 0 Å². The predicted molar refractivity (Wildman–Crippen MR) is 47.3 cm³/mol. The van der Waals surface area contributed by atoms with Crippen LogP contribution in [-0.2, 0) is 6.54 Å². The van der Waals surface area contributed by atoms with Crippen molar-refractivity contribution in [1.29, 1.82) is 0 Å². The van der Waals surface area contributed by atoms with E-state index >= 15 is 0 Å². The van der Waals surface area contributed by atoms with Gasteiger partial charge in [-0.1, -0.05) is 5.16 Å². The highest BCUT2D eigenvalue weighted by Gasteiger charge is 2.12. The molecule has 2 heterocycles. The molecule has 0 saturated carbocycles. The molecule has 0 radical (unpaired) electrons. The molecular weight excluding hydrogens is 200 g/mol. The Morgan fingerprint density at radius 3 is 3.00 bits per heavy atom. The summed E-state index contributed by atoms with van der Waals surface area (Å²) in [5.74, 6) is -0.540. The summed E-state index contributed by atoms with van der Waals surface area (Å²) >= 11 is 0. The van der Waals surface area contributed by atoms with Crippen LogP contribution in [0.15, 0.2) is 17.1 Å². The molecule has 0 aliphatic carbocycles. The maximum Gasteiger partial charge on any atom is 0.339 e. The first-order chi connectivity index (χ1) is 7.16. The van der Waals surface area contributed by atoms with Crippen molar-refractivity contribution in [3.8, 4) is 0 Å². The lowest BCUT2D eigenvalue weighted by Crippen LogP contribution is -2.02. The van der Waals surface area contributed by atoms with Crippen molar-refractivity contribution in [1.82, 2.24) is 19.9 Å². The molecule has 0 spiro atoms. The van der Waals surface area contributed by atoms with Crippen LogP contribution in [-0.4, -0.2) is 31.0 Å². The first kappa shape index (κ1) is 9.38. The second-order valence-electron chi connectivity index (χ2n) is 2.98. The lowest BCUT2D eigenvalue weighted by atomic mass is 10.3. The van der Waals surface area contributed by atoms with E-state index in [2.05, 4.69) is 19.8 Å². The summed E-state index contributed by atoms with van der Waals surface area (Å²) < 4.78 is 6.01. The predicted octanol–water partition coefficient (Wildman–Crippen LogP) is 0.321. The quantitative estimate of drug-likeness (QED) is 0.780. The van der Waals surface area contributed by atoms with Crippen molar-refractivity contribution < 1.29 is 14.4 Å². The van der Waals surface area contributed by atoms with E-state index in [9.17, 15) is 4.79 Å². The largest absolute Gasteiger partial charge is 0.478 e. The summed E-state index contributed by atoms with van der Waals surface area (Å²) in [6.45, 7) is 1.93. The number of nitrogens with zero attached hydrogens (tertiary/aromatic N) is 4. The molecule has 7 heteroatoms. The standard InChI is InChI=1S/C8H8N4O3/c1-5-6(8(13)14)2-12(10-5)3-7-9-4-15-11-7/h2,4H,3H2,1H3,(H,13,14). The van der Waals surface area contributed by atoms with Gasteiger partial charge in [0.2, 0.25) is 6.39 Å². The lowest BCUT2D eigenvalue weighted by Gasteiger charge is -1.93. The molecule has 0 unspecified atom stereocenters. The van der Waals surface area contributed by atoms with Crippen LogP contribution in [0.25, 0.3) is 0 Å². The number of hydrogen-bond donors (Lipinski definition) is 1. The average Bonchev–Trinajstić information content (AvgIpc) is 2.75. The fraction of sp³-hybridized carbons (Fsp3) is 0.250. The third-order valence-electron chi connectivity index (χ3n) is 1.89. The molecule has 0 atom stereocenters. The number of carbonyl (C=O) groups is 1. The van der Waals surface area contributed by atoms with Crippen molar-refractivity contribution in [3.63, 3.8) is 0 Å². The van der Waals surface area contributed by atoms with Crippen LogP contribution >= 0.6 is 0 Å². The number of aryl methyl sites for hydroxylation is 1. The van der Waals surface area contributed by atoms with Crippen LogP contribution in [0, 0.1) is 6.92 Å². The molecule has 2 aromatic heterocycles. The van der Waals surface area contributed by atoms with Gasteiger partial charge in [0, 0.05) is 6.20 Å². The van der Waals surface area contributed by atoms with E-state index in [1.807, 2.05) is 0 Å². The third kappa shape index (κ3) is 1.85. The van der Waals surface area contributed by atoms with Gasteiger partial charge in [-0.3, -0.25) is 4.68 Å². The molecule has 0 fully saturated rings. The van der Waals surface area contributed by atoms with Crippen molar-refractivity contribution in [2.24, 2.45) is 0 Å². The second-order valence-corrected chi connectivity index (χ2v) is 2.98. The Hall–Kier alpha value is -2.18. The summed E-state index contributed by atoms with van der Waals surface area (Å²) in [4.78, 5) is 14.5. The Morgan fingerprint density at radius 2 is 2.47 bits per heavy atom. The highest BCUT2D eigenvalue weighted by molar-refractivity contribution is 5.88. The van der Waals surface area contributed by atoms with Crippen LogP contribution in [0.2, 0.25) is 0 Å². The van der Waals surface area contributed by atoms with Gasteiger partial charge in [-0.25, -0.2) is 4.79 Å². The van der Waals surface area contributed by atoms with Gasteiger partial charge in [-0.05, 0) is 6.92 Å². The number of aromatic carboxylic acids is 1. The molecule has 0 aliphatic heterocycles. The zero-order chi connectivity index (χ0) is 10.8. The van der Waals surface area contributed by atoms with Gasteiger partial charge in [0.15, 0.2) is 5.82 Å². The van der Waals surface area contributed by atoms with Gasteiger partial charge in [0.25, 0.3) is 0 Å². The van der Waals surface area contributed by atoms with Crippen LogP contribution in [0.4, 0.5) is 0 Å². The molecule has 0 amide bonds. The molecule has 78 valence electrons. The van der Waals surface area contributed by atoms with Crippen molar-refractivity contribution in [2.75, 3.05) is 0 Å².